The summed E-state index contributed by atoms with van der Waals surface area (Å²) in [5.74, 6) is 0.421. The fourth-order valence-electron chi connectivity index (χ4n) is 3.97. The fourth-order valence-corrected chi connectivity index (χ4v) is 5.01. The lowest BCUT2D eigenvalue weighted by Crippen LogP contribution is -2.11. The van der Waals surface area contributed by atoms with Crippen LogP contribution in [0.1, 0.15) is 29.2 Å². The first-order chi connectivity index (χ1) is 14.0. The molecule has 3 heterocycles. The molecule has 5 rings (SSSR count). The molecule has 0 bridgehead atoms. The van der Waals surface area contributed by atoms with E-state index in [-0.39, 0.29) is 5.91 Å². The number of fused-ring (bicyclic) bond motifs is 4. The van der Waals surface area contributed by atoms with Crippen molar-refractivity contribution in [3.05, 3.63) is 71.2 Å². The average molecular weight is 400 g/mol. The van der Waals surface area contributed by atoms with Crippen molar-refractivity contribution in [2.45, 2.75) is 20.3 Å². The van der Waals surface area contributed by atoms with E-state index in [0.29, 0.717) is 16.5 Å². The molecule has 0 spiro atoms. The highest BCUT2D eigenvalue weighted by molar-refractivity contribution is 7.21. The molecule has 29 heavy (non-hydrogen) atoms. The highest BCUT2D eigenvalue weighted by Gasteiger charge is 2.22. The third-order valence-electron chi connectivity index (χ3n) is 5.25. The van der Waals surface area contributed by atoms with Crippen LogP contribution in [0, 0.1) is 5.92 Å². The van der Waals surface area contributed by atoms with Crippen molar-refractivity contribution in [2.75, 3.05) is 5.73 Å². The number of carbonyl (C=O) groups is 1. The van der Waals surface area contributed by atoms with E-state index >= 15 is 0 Å². The lowest BCUT2D eigenvalue weighted by molar-refractivity contribution is 0.0974. The summed E-state index contributed by atoms with van der Waals surface area (Å²) < 4.78 is 1.78. The largest absolute Gasteiger partial charge is 0.397 e. The SMILES string of the molecule is CC(C)Cc1ccc2c(N)c(C(=O)n3c4ccccc4c4ccccc43)sc2n1. The average Bonchev–Trinajstić information content (AvgIpc) is 3.22. The van der Waals surface area contributed by atoms with Gasteiger partial charge >= 0.3 is 0 Å². The molecule has 5 aromatic rings. The number of hydrogen-bond acceptors (Lipinski definition) is 4. The monoisotopic (exact) mass is 399 g/mol. The van der Waals surface area contributed by atoms with Crippen molar-refractivity contribution in [1.29, 1.82) is 0 Å². The van der Waals surface area contributed by atoms with Gasteiger partial charge in [-0.15, -0.1) is 11.3 Å². The van der Waals surface area contributed by atoms with Gasteiger partial charge in [-0.2, -0.15) is 0 Å². The number of benzene rings is 2. The second-order valence-corrected chi connectivity index (χ2v) is 8.77. The molecular formula is C24H21N3OS. The normalized spacial score (nSPS) is 11.8. The van der Waals surface area contributed by atoms with Gasteiger partial charge in [0.1, 0.15) is 9.71 Å². The number of para-hydroxylation sites is 2. The van der Waals surface area contributed by atoms with E-state index in [2.05, 4.69) is 26.0 Å². The molecule has 0 amide bonds. The molecule has 0 radical (unpaired) electrons. The Morgan fingerprint density at radius 1 is 0.966 bits per heavy atom. The minimum Gasteiger partial charge on any atom is -0.397 e. The van der Waals surface area contributed by atoms with Gasteiger partial charge in [-0.05, 0) is 36.6 Å². The minimum atomic E-state index is -0.103. The molecule has 0 aliphatic carbocycles. The van der Waals surface area contributed by atoms with Gasteiger partial charge in [-0.3, -0.25) is 9.36 Å². The number of nitrogen functional groups attached to an aromatic ring is 1. The van der Waals surface area contributed by atoms with Crippen molar-refractivity contribution in [3.63, 3.8) is 0 Å². The summed E-state index contributed by atoms with van der Waals surface area (Å²) in [5, 5.41) is 2.98. The molecule has 0 saturated carbocycles. The van der Waals surface area contributed by atoms with Crippen LogP contribution in [0.5, 0.6) is 0 Å². The van der Waals surface area contributed by atoms with Crippen molar-refractivity contribution >= 4 is 55.0 Å². The third-order valence-corrected chi connectivity index (χ3v) is 6.35. The van der Waals surface area contributed by atoms with Gasteiger partial charge in [0.05, 0.1) is 16.7 Å². The van der Waals surface area contributed by atoms with Crippen LogP contribution in [0.15, 0.2) is 60.7 Å². The van der Waals surface area contributed by atoms with E-state index in [4.69, 9.17) is 10.7 Å². The Balaban J connectivity index is 1.71. The summed E-state index contributed by atoms with van der Waals surface area (Å²) >= 11 is 1.38. The van der Waals surface area contributed by atoms with Crippen LogP contribution in [-0.2, 0) is 6.42 Å². The van der Waals surface area contributed by atoms with E-state index in [0.717, 1.165) is 44.1 Å². The number of aromatic nitrogens is 2. The zero-order valence-corrected chi connectivity index (χ0v) is 17.2. The molecule has 0 fully saturated rings. The summed E-state index contributed by atoms with van der Waals surface area (Å²) in [4.78, 5) is 19.8. The summed E-state index contributed by atoms with van der Waals surface area (Å²) in [7, 11) is 0. The molecule has 0 saturated heterocycles. The third kappa shape index (κ3) is 2.81. The Labute approximate surface area is 172 Å². The van der Waals surface area contributed by atoms with Gasteiger partial charge in [0.15, 0.2) is 0 Å². The number of pyridine rings is 1. The van der Waals surface area contributed by atoms with E-state index in [1.807, 2.05) is 48.5 Å². The van der Waals surface area contributed by atoms with Crippen LogP contribution in [0.4, 0.5) is 5.69 Å². The van der Waals surface area contributed by atoms with Crippen LogP contribution < -0.4 is 5.73 Å². The van der Waals surface area contributed by atoms with Gasteiger partial charge in [-0.25, -0.2) is 4.98 Å². The molecule has 3 aromatic heterocycles. The molecule has 0 atom stereocenters. The van der Waals surface area contributed by atoms with E-state index < -0.39 is 0 Å². The van der Waals surface area contributed by atoms with Crippen LogP contribution in [0.25, 0.3) is 32.0 Å². The highest BCUT2D eigenvalue weighted by Crippen LogP contribution is 2.36. The van der Waals surface area contributed by atoms with Gasteiger partial charge in [0.25, 0.3) is 5.91 Å². The van der Waals surface area contributed by atoms with Crippen LogP contribution in [0.2, 0.25) is 0 Å². The second kappa shape index (κ2) is 6.71. The molecule has 2 N–H and O–H groups in total. The summed E-state index contributed by atoms with van der Waals surface area (Å²) in [6.07, 6.45) is 0.907. The standard InChI is InChI=1S/C24H21N3OS/c1-14(2)13-15-11-12-18-21(25)22(29-23(18)26-15)24(28)27-19-9-5-3-7-16(19)17-8-4-6-10-20(17)27/h3-12,14H,13,25H2,1-2H3. The number of rotatable bonds is 3. The van der Waals surface area contributed by atoms with E-state index in [1.54, 1.807) is 4.57 Å². The van der Waals surface area contributed by atoms with Crippen molar-refractivity contribution in [2.24, 2.45) is 5.92 Å². The predicted octanol–water partition coefficient (Wildman–Crippen LogP) is 5.87. The Bertz CT molecular complexity index is 1340. The Morgan fingerprint density at radius 3 is 2.21 bits per heavy atom. The number of thiophene rings is 1. The maximum atomic E-state index is 13.7. The van der Waals surface area contributed by atoms with Crippen LogP contribution in [0.3, 0.4) is 0 Å². The van der Waals surface area contributed by atoms with Crippen LogP contribution >= 0.6 is 11.3 Å². The number of anilines is 1. The Morgan fingerprint density at radius 2 is 1.59 bits per heavy atom. The summed E-state index contributed by atoms with van der Waals surface area (Å²) in [5.41, 5.74) is 9.75. The zero-order chi connectivity index (χ0) is 20.1. The molecule has 2 aromatic carbocycles. The topological polar surface area (TPSA) is 60.9 Å². The molecule has 4 nitrogen and oxygen atoms in total. The first kappa shape index (κ1) is 17.9. The zero-order valence-electron chi connectivity index (χ0n) is 16.3. The summed E-state index contributed by atoms with van der Waals surface area (Å²) in [6, 6.07) is 20.0. The molecule has 0 unspecified atom stereocenters. The molecule has 0 aliphatic rings. The molecular weight excluding hydrogens is 378 g/mol. The molecule has 5 heteroatoms. The van der Waals surface area contributed by atoms with Crippen LogP contribution in [-0.4, -0.2) is 15.5 Å². The number of hydrogen-bond donors (Lipinski definition) is 1. The maximum absolute atomic E-state index is 13.7. The first-order valence-electron chi connectivity index (χ1n) is 9.75. The van der Waals surface area contributed by atoms with Gasteiger partial charge < -0.3 is 5.73 Å². The van der Waals surface area contributed by atoms with Crippen molar-refractivity contribution < 1.29 is 4.79 Å². The number of carbonyl (C=O) groups excluding carboxylic acids is 1. The van der Waals surface area contributed by atoms with E-state index in [9.17, 15) is 4.79 Å². The lowest BCUT2D eigenvalue weighted by Gasteiger charge is -2.05. The molecule has 0 aliphatic heterocycles. The Hall–Kier alpha value is -3.18. The van der Waals surface area contributed by atoms with Gasteiger partial charge in [0.2, 0.25) is 0 Å². The van der Waals surface area contributed by atoms with E-state index in [1.165, 1.54) is 11.3 Å². The number of nitrogens with two attached hydrogens (primary N) is 1. The smallest absolute Gasteiger partial charge is 0.275 e. The van der Waals surface area contributed by atoms with Crippen molar-refractivity contribution in [1.82, 2.24) is 9.55 Å². The Kier molecular flexibility index (Phi) is 4.14. The highest BCUT2D eigenvalue weighted by atomic mass is 32.1. The number of nitrogens with zero attached hydrogens (tertiary/aromatic N) is 2. The quantitative estimate of drug-likeness (QED) is 0.412. The summed E-state index contributed by atoms with van der Waals surface area (Å²) in [6.45, 7) is 4.34. The van der Waals surface area contributed by atoms with Gasteiger partial charge in [-0.1, -0.05) is 50.2 Å². The molecule has 144 valence electrons. The minimum absolute atomic E-state index is 0.103. The lowest BCUT2D eigenvalue weighted by atomic mass is 10.1. The first-order valence-corrected chi connectivity index (χ1v) is 10.6. The predicted molar refractivity (Wildman–Crippen MR) is 122 cm³/mol. The second-order valence-electron chi connectivity index (χ2n) is 7.77. The maximum Gasteiger partial charge on any atom is 0.275 e. The fraction of sp³-hybridized carbons (Fsp3) is 0.167. The van der Waals surface area contributed by atoms with Crippen molar-refractivity contribution in [3.8, 4) is 0 Å². The van der Waals surface area contributed by atoms with Gasteiger partial charge in [0, 0.05) is 21.9 Å².